The first kappa shape index (κ1) is 20.0. The van der Waals surface area contributed by atoms with E-state index in [9.17, 15) is 13.2 Å². The van der Waals surface area contributed by atoms with E-state index in [1.807, 2.05) is 24.5 Å². The highest BCUT2D eigenvalue weighted by Gasteiger charge is 2.36. The Morgan fingerprint density at radius 1 is 1.10 bits per heavy atom. The monoisotopic (exact) mass is 417 g/mol. The zero-order valence-electron chi connectivity index (χ0n) is 16.4. The predicted molar refractivity (Wildman–Crippen MR) is 113 cm³/mol. The number of amides is 1. The molecule has 156 valence electrons. The number of benzene rings is 1. The van der Waals surface area contributed by atoms with Gasteiger partial charge in [0.25, 0.3) is 0 Å². The molecule has 0 radical (unpaired) electrons. The van der Waals surface area contributed by atoms with Gasteiger partial charge in [0.2, 0.25) is 15.9 Å². The number of aromatic nitrogens is 1. The number of anilines is 2. The first-order valence-corrected chi connectivity index (χ1v) is 11.7. The third-order valence-electron chi connectivity index (χ3n) is 5.83. The predicted octanol–water partition coefficient (Wildman–Crippen LogP) is 2.95. The zero-order valence-corrected chi connectivity index (χ0v) is 17.2. The molecule has 8 heteroatoms. The summed E-state index contributed by atoms with van der Waals surface area (Å²) in [6, 6.07) is 11.0. The van der Waals surface area contributed by atoms with Crippen molar-refractivity contribution in [3.8, 4) is 0 Å². The van der Waals surface area contributed by atoms with E-state index >= 15 is 0 Å². The largest absolute Gasteiger partial charge is 0.381 e. The second-order valence-electron chi connectivity index (χ2n) is 7.80. The van der Waals surface area contributed by atoms with Gasteiger partial charge in [0.15, 0.2) is 0 Å². The summed E-state index contributed by atoms with van der Waals surface area (Å²) >= 11 is 0. The van der Waals surface area contributed by atoms with Gasteiger partial charge in [0, 0.05) is 37.8 Å². The van der Waals surface area contributed by atoms with Crippen LogP contribution in [0.1, 0.15) is 32.1 Å². The molecule has 0 unspecified atom stereocenters. The first-order valence-electron chi connectivity index (χ1n) is 10.1. The normalized spacial score (nSPS) is 20.9. The Balaban J connectivity index is 1.50. The first-order chi connectivity index (χ1) is 14.0. The van der Waals surface area contributed by atoms with Crippen LogP contribution in [0.3, 0.4) is 0 Å². The lowest BCUT2D eigenvalue weighted by Crippen LogP contribution is -2.42. The van der Waals surface area contributed by atoms with Crippen LogP contribution >= 0.6 is 0 Å². The van der Waals surface area contributed by atoms with Crippen LogP contribution in [0.4, 0.5) is 11.4 Å². The van der Waals surface area contributed by atoms with Gasteiger partial charge < -0.3 is 14.6 Å². The van der Waals surface area contributed by atoms with E-state index in [0.717, 1.165) is 19.3 Å². The van der Waals surface area contributed by atoms with Crippen molar-refractivity contribution in [3.63, 3.8) is 0 Å². The number of nitrogens with zero attached hydrogens (tertiary/aromatic N) is 2. The zero-order chi connectivity index (χ0) is 20.3. The van der Waals surface area contributed by atoms with Gasteiger partial charge in [-0.25, -0.2) is 8.42 Å². The Morgan fingerprint density at radius 3 is 2.59 bits per heavy atom. The van der Waals surface area contributed by atoms with Crippen LogP contribution in [0, 0.1) is 0 Å². The highest BCUT2D eigenvalue weighted by atomic mass is 32.2. The maximum Gasteiger partial charge on any atom is 0.235 e. The number of rotatable bonds is 5. The Bertz CT molecular complexity index is 950. The van der Waals surface area contributed by atoms with Crippen LogP contribution in [0.25, 0.3) is 0 Å². The Kier molecular flexibility index (Phi) is 5.65. The minimum atomic E-state index is -3.28. The molecule has 4 rings (SSSR count). The summed E-state index contributed by atoms with van der Waals surface area (Å²) in [5.74, 6) is 0.0876. The molecule has 2 saturated heterocycles. The molecule has 0 saturated carbocycles. The quantitative estimate of drug-likeness (QED) is 0.811. The Hall–Kier alpha value is -2.32. The summed E-state index contributed by atoms with van der Waals surface area (Å²) < 4.78 is 33.8. The van der Waals surface area contributed by atoms with Crippen LogP contribution in [0.15, 0.2) is 48.8 Å². The summed E-state index contributed by atoms with van der Waals surface area (Å²) in [4.78, 5) is 12.9. The van der Waals surface area contributed by atoms with E-state index in [4.69, 9.17) is 4.74 Å². The molecule has 0 bridgehead atoms. The molecular formula is C21H27N3O4S. The van der Waals surface area contributed by atoms with Crippen LogP contribution in [0.2, 0.25) is 0 Å². The Labute approximate surface area is 171 Å². The van der Waals surface area contributed by atoms with Crippen molar-refractivity contribution in [2.24, 2.45) is 0 Å². The van der Waals surface area contributed by atoms with E-state index in [1.54, 1.807) is 24.3 Å². The fourth-order valence-electron chi connectivity index (χ4n) is 4.25. The molecule has 2 aliphatic heterocycles. The number of nitrogens with one attached hydrogen (secondary N) is 1. The molecule has 2 fully saturated rings. The van der Waals surface area contributed by atoms with Crippen molar-refractivity contribution in [1.82, 2.24) is 4.57 Å². The minimum absolute atomic E-state index is 0.0840. The fraction of sp³-hybridized carbons (Fsp3) is 0.476. The van der Waals surface area contributed by atoms with Crippen LogP contribution in [-0.4, -0.2) is 44.4 Å². The molecule has 3 heterocycles. The second-order valence-corrected chi connectivity index (χ2v) is 9.81. The van der Waals surface area contributed by atoms with Gasteiger partial charge in [-0.05, 0) is 56.0 Å². The Morgan fingerprint density at radius 2 is 1.86 bits per heavy atom. The molecule has 29 heavy (non-hydrogen) atoms. The van der Waals surface area contributed by atoms with Gasteiger partial charge in [-0.2, -0.15) is 0 Å². The summed E-state index contributed by atoms with van der Waals surface area (Å²) in [6.45, 7) is 1.75. The average molecular weight is 418 g/mol. The lowest BCUT2D eigenvalue weighted by atomic mass is 9.86. The number of sulfonamides is 1. The summed E-state index contributed by atoms with van der Waals surface area (Å²) in [7, 11) is -3.28. The fourth-order valence-corrected chi connectivity index (χ4v) is 5.88. The summed E-state index contributed by atoms with van der Waals surface area (Å²) in [5.41, 5.74) is 0.927. The van der Waals surface area contributed by atoms with E-state index in [0.29, 0.717) is 44.0 Å². The lowest BCUT2D eigenvalue weighted by Gasteiger charge is -2.38. The SMILES string of the molecule is O=C(CC1(n2cccc2)CCOCC1)Nc1cccc(N2CCCCS2(=O)=O)c1. The molecule has 1 aromatic heterocycles. The number of ether oxygens (including phenoxy) is 1. The number of carbonyl (C=O) groups is 1. The average Bonchev–Trinajstić information content (AvgIpc) is 3.24. The van der Waals surface area contributed by atoms with Gasteiger partial charge in [0.05, 0.1) is 23.4 Å². The van der Waals surface area contributed by atoms with E-state index in [1.165, 1.54) is 4.31 Å². The summed E-state index contributed by atoms with van der Waals surface area (Å²) in [5, 5.41) is 2.97. The van der Waals surface area contributed by atoms with Crippen molar-refractivity contribution >= 4 is 27.3 Å². The van der Waals surface area contributed by atoms with E-state index in [2.05, 4.69) is 9.88 Å². The smallest absolute Gasteiger partial charge is 0.235 e. The highest BCUT2D eigenvalue weighted by molar-refractivity contribution is 7.92. The number of carbonyl (C=O) groups excluding carboxylic acids is 1. The maximum absolute atomic E-state index is 12.9. The van der Waals surface area contributed by atoms with Gasteiger partial charge in [-0.3, -0.25) is 9.10 Å². The van der Waals surface area contributed by atoms with Crippen molar-refractivity contribution in [2.75, 3.05) is 35.1 Å². The van der Waals surface area contributed by atoms with E-state index in [-0.39, 0.29) is 17.2 Å². The molecule has 2 aliphatic rings. The topological polar surface area (TPSA) is 80.6 Å². The van der Waals surface area contributed by atoms with Gasteiger partial charge >= 0.3 is 0 Å². The molecule has 2 aromatic rings. The standard InChI is InChI=1S/C21H27N3O4S/c25-20(17-21(8-13-28-14-9-21)23-10-1-2-11-23)22-18-6-5-7-19(16-18)24-12-3-4-15-29(24,26)27/h1-2,5-7,10-11,16H,3-4,8-9,12-15,17H2,(H,22,25). The molecule has 1 aromatic carbocycles. The third kappa shape index (κ3) is 4.33. The van der Waals surface area contributed by atoms with Crippen molar-refractivity contribution in [1.29, 1.82) is 0 Å². The molecule has 1 N–H and O–H groups in total. The number of hydrogen-bond donors (Lipinski definition) is 1. The lowest BCUT2D eigenvalue weighted by molar-refractivity contribution is -0.119. The molecular weight excluding hydrogens is 390 g/mol. The number of hydrogen-bond acceptors (Lipinski definition) is 4. The van der Waals surface area contributed by atoms with Crippen LogP contribution < -0.4 is 9.62 Å². The molecule has 7 nitrogen and oxygen atoms in total. The molecule has 1 amide bonds. The van der Waals surface area contributed by atoms with Gasteiger partial charge in [-0.1, -0.05) is 6.07 Å². The maximum atomic E-state index is 12.9. The van der Waals surface area contributed by atoms with Crippen molar-refractivity contribution in [3.05, 3.63) is 48.8 Å². The van der Waals surface area contributed by atoms with Gasteiger partial charge in [0.1, 0.15) is 0 Å². The molecule has 0 aliphatic carbocycles. The van der Waals surface area contributed by atoms with Crippen molar-refractivity contribution in [2.45, 2.75) is 37.6 Å². The van der Waals surface area contributed by atoms with Crippen LogP contribution in [-0.2, 0) is 25.1 Å². The van der Waals surface area contributed by atoms with Crippen molar-refractivity contribution < 1.29 is 17.9 Å². The summed E-state index contributed by atoms with van der Waals surface area (Å²) in [6.07, 6.45) is 7.44. The molecule has 0 spiro atoms. The highest BCUT2D eigenvalue weighted by Crippen LogP contribution is 2.33. The third-order valence-corrected chi connectivity index (χ3v) is 7.70. The molecule has 0 atom stereocenters. The van der Waals surface area contributed by atoms with Gasteiger partial charge in [-0.15, -0.1) is 0 Å². The van der Waals surface area contributed by atoms with Crippen LogP contribution in [0.5, 0.6) is 0 Å². The second kappa shape index (κ2) is 8.20. The van der Waals surface area contributed by atoms with E-state index < -0.39 is 10.0 Å². The minimum Gasteiger partial charge on any atom is -0.381 e.